The first-order valence-corrected chi connectivity index (χ1v) is 10.4. The van der Waals surface area contributed by atoms with E-state index in [0.29, 0.717) is 39.0 Å². The minimum atomic E-state index is -0.835. The van der Waals surface area contributed by atoms with Crippen molar-refractivity contribution < 1.29 is 9.59 Å². The van der Waals surface area contributed by atoms with Crippen LogP contribution in [-0.4, -0.2) is 59.3 Å². The van der Waals surface area contributed by atoms with Crippen LogP contribution in [0.15, 0.2) is 54.7 Å². The highest BCUT2D eigenvalue weighted by atomic mass is 16.2. The zero-order chi connectivity index (χ0) is 20.3. The molecule has 1 saturated carbocycles. The number of nitrogens with zero attached hydrogens (tertiary/aromatic N) is 4. The Labute approximate surface area is 172 Å². The SMILES string of the molecule is CCN(Cc1ccccc1)C(=O)C1(C(=O)N2CCN(c3ccccn3)CC2)CC1. The molecule has 0 N–H and O–H groups in total. The number of hydrogen-bond acceptors (Lipinski definition) is 4. The topological polar surface area (TPSA) is 56.8 Å². The van der Waals surface area contributed by atoms with E-state index in [2.05, 4.69) is 9.88 Å². The lowest BCUT2D eigenvalue weighted by molar-refractivity contribution is -0.150. The average Bonchev–Trinajstić information content (AvgIpc) is 3.60. The Morgan fingerprint density at radius 3 is 2.28 bits per heavy atom. The highest BCUT2D eigenvalue weighted by Gasteiger charge is 2.59. The van der Waals surface area contributed by atoms with Crippen LogP contribution in [0.1, 0.15) is 25.3 Å². The molecule has 152 valence electrons. The van der Waals surface area contributed by atoms with Gasteiger partial charge in [-0.05, 0) is 37.5 Å². The van der Waals surface area contributed by atoms with Gasteiger partial charge in [-0.15, -0.1) is 0 Å². The number of pyridine rings is 1. The molecule has 1 aromatic heterocycles. The Bertz CT molecular complexity index is 844. The maximum atomic E-state index is 13.3. The minimum absolute atomic E-state index is 0.00897. The Balaban J connectivity index is 1.39. The second-order valence-electron chi connectivity index (χ2n) is 7.85. The Morgan fingerprint density at radius 1 is 1.00 bits per heavy atom. The molecule has 1 aromatic carbocycles. The number of carbonyl (C=O) groups excluding carboxylic acids is 2. The van der Waals surface area contributed by atoms with E-state index in [-0.39, 0.29) is 11.8 Å². The lowest BCUT2D eigenvalue weighted by Gasteiger charge is -2.37. The number of hydrogen-bond donors (Lipinski definition) is 0. The van der Waals surface area contributed by atoms with Crippen LogP contribution in [0, 0.1) is 5.41 Å². The van der Waals surface area contributed by atoms with Gasteiger partial charge in [-0.1, -0.05) is 36.4 Å². The molecular formula is C23H28N4O2. The standard InChI is InChI=1S/C23H28N4O2/c1-2-25(18-19-8-4-3-5-9-19)21(28)23(11-12-23)22(29)27-16-14-26(15-17-27)20-10-6-7-13-24-20/h3-10,13H,2,11-12,14-18H2,1H3. The summed E-state index contributed by atoms with van der Waals surface area (Å²) in [6.45, 7) is 5.90. The third-order valence-electron chi connectivity index (χ3n) is 5.99. The van der Waals surface area contributed by atoms with Crippen molar-refractivity contribution in [1.82, 2.24) is 14.8 Å². The van der Waals surface area contributed by atoms with Gasteiger partial charge in [0.25, 0.3) is 0 Å². The van der Waals surface area contributed by atoms with Gasteiger partial charge in [0.1, 0.15) is 11.2 Å². The summed E-state index contributed by atoms with van der Waals surface area (Å²) in [5, 5.41) is 0. The van der Waals surface area contributed by atoms with E-state index < -0.39 is 5.41 Å². The van der Waals surface area contributed by atoms with Crippen LogP contribution in [0.5, 0.6) is 0 Å². The van der Waals surface area contributed by atoms with Crippen molar-refractivity contribution in [2.75, 3.05) is 37.6 Å². The number of anilines is 1. The first kappa shape index (κ1) is 19.4. The van der Waals surface area contributed by atoms with Gasteiger partial charge in [0.2, 0.25) is 11.8 Å². The van der Waals surface area contributed by atoms with Crippen LogP contribution in [0.3, 0.4) is 0 Å². The molecule has 6 nitrogen and oxygen atoms in total. The highest BCUT2D eigenvalue weighted by molar-refractivity contribution is 6.07. The highest BCUT2D eigenvalue weighted by Crippen LogP contribution is 2.49. The van der Waals surface area contributed by atoms with Crippen LogP contribution in [0.4, 0.5) is 5.82 Å². The van der Waals surface area contributed by atoms with Gasteiger partial charge < -0.3 is 14.7 Å². The molecule has 2 amide bonds. The van der Waals surface area contributed by atoms with Gasteiger partial charge in [0.05, 0.1) is 0 Å². The van der Waals surface area contributed by atoms with Gasteiger partial charge >= 0.3 is 0 Å². The number of aromatic nitrogens is 1. The minimum Gasteiger partial charge on any atom is -0.353 e. The molecule has 1 aliphatic heterocycles. The van der Waals surface area contributed by atoms with Gasteiger partial charge in [-0.3, -0.25) is 9.59 Å². The van der Waals surface area contributed by atoms with E-state index in [1.54, 1.807) is 6.20 Å². The third kappa shape index (κ3) is 3.97. The molecule has 2 aromatic rings. The molecule has 0 radical (unpaired) electrons. The molecule has 1 saturated heterocycles. The number of amides is 2. The van der Waals surface area contributed by atoms with E-state index >= 15 is 0 Å². The molecule has 2 fully saturated rings. The van der Waals surface area contributed by atoms with Crippen LogP contribution in [0.2, 0.25) is 0 Å². The second-order valence-corrected chi connectivity index (χ2v) is 7.85. The van der Waals surface area contributed by atoms with Crippen molar-refractivity contribution in [3.63, 3.8) is 0 Å². The maximum Gasteiger partial charge on any atom is 0.238 e. The number of benzene rings is 1. The van der Waals surface area contributed by atoms with Gasteiger partial charge in [-0.2, -0.15) is 0 Å². The molecular weight excluding hydrogens is 364 g/mol. The summed E-state index contributed by atoms with van der Waals surface area (Å²) in [6.07, 6.45) is 3.11. The van der Waals surface area contributed by atoms with E-state index in [1.165, 1.54) is 0 Å². The summed E-state index contributed by atoms with van der Waals surface area (Å²) < 4.78 is 0. The van der Waals surface area contributed by atoms with Crippen molar-refractivity contribution in [2.45, 2.75) is 26.3 Å². The molecule has 4 rings (SSSR count). The molecule has 2 heterocycles. The average molecular weight is 393 g/mol. The van der Waals surface area contributed by atoms with E-state index in [4.69, 9.17) is 0 Å². The summed E-state index contributed by atoms with van der Waals surface area (Å²) in [5.41, 5.74) is 0.257. The van der Waals surface area contributed by atoms with Gasteiger partial charge in [0.15, 0.2) is 0 Å². The predicted molar refractivity (Wildman–Crippen MR) is 112 cm³/mol. The number of piperazine rings is 1. The molecule has 0 spiro atoms. The Hall–Kier alpha value is -2.89. The first-order chi connectivity index (χ1) is 14.1. The summed E-state index contributed by atoms with van der Waals surface area (Å²) in [4.78, 5) is 36.9. The van der Waals surface area contributed by atoms with E-state index in [1.807, 2.05) is 65.3 Å². The summed E-state index contributed by atoms with van der Waals surface area (Å²) in [5.74, 6) is 0.938. The molecule has 0 unspecified atom stereocenters. The van der Waals surface area contributed by atoms with Crippen LogP contribution in [0.25, 0.3) is 0 Å². The van der Waals surface area contributed by atoms with Crippen LogP contribution in [-0.2, 0) is 16.1 Å². The normalized spacial score (nSPS) is 17.7. The summed E-state index contributed by atoms with van der Waals surface area (Å²) >= 11 is 0. The third-order valence-corrected chi connectivity index (χ3v) is 5.99. The first-order valence-electron chi connectivity index (χ1n) is 10.4. The zero-order valence-electron chi connectivity index (χ0n) is 17.0. The summed E-state index contributed by atoms with van der Waals surface area (Å²) in [7, 11) is 0. The molecule has 2 aliphatic rings. The Kier molecular flexibility index (Phi) is 5.51. The fourth-order valence-electron chi connectivity index (χ4n) is 4.06. The lowest BCUT2D eigenvalue weighted by atomic mass is 10.0. The molecule has 0 atom stereocenters. The fraction of sp³-hybridized carbons (Fsp3) is 0.435. The quantitative estimate of drug-likeness (QED) is 0.709. The molecule has 6 heteroatoms. The van der Waals surface area contributed by atoms with Crippen molar-refractivity contribution in [1.29, 1.82) is 0 Å². The predicted octanol–water partition coefficient (Wildman–Crippen LogP) is 2.56. The van der Waals surface area contributed by atoms with Crippen molar-refractivity contribution in [3.8, 4) is 0 Å². The van der Waals surface area contributed by atoms with E-state index in [0.717, 1.165) is 24.5 Å². The molecule has 29 heavy (non-hydrogen) atoms. The van der Waals surface area contributed by atoms with Crippen LogP contribution >= 0.6 is 0 Å². The van der Waals surface area contributed by atoms with Gasteiger partial charge in [0, 0.05) is 45.5 Å². The summed E-state index contributed by atoms with van der Waals surface area (Å²) in [6, 6.07) is 15.8. The van der Waals surface area contributed by atoms with Crippen molar-refractivity contribution in [3.05, 3.63) is 60.3 Å². The maximum absolute atomic E-state index is 13.3. The number of carbonyl (C=O) groups is 2. The van der Waals surface area contributed by atoms with Crippen molar-refractivity contribution in [2.24, 2.45) is 5.41 Å². The fourth-order valence-corrected chi connectivity index (χ4v) is 4.06. The van der Waals surface area contributed by atoms with E-state index in [9.17, 15) is 9.59 Å². The second kappa shape index (κ2) is 8.23. The number of rotatable bonds is 6. The lowest BCUT2D eigenvalue weighted by Crippen LogP contribution is -2.53. The monoisotopic (exact) mass is 392 g/mol. The smallest absolute Gasteiger partial charge is 0.238 e. The molecule has 0 bridgehead atoms. The zero-order valence-corrected chi connectivity index (χ0v) is 17.0. The Morgan fingerprint density at radius 2 is 1.69 bits per heavy atom. The molecule has 1 aliphatic carbocycles. The largest absolute Gasteiger partial charge is 0.353 e. The van der Waals surface area contributed by atoms with Crippen LogP contribution < -0.4 is 4.90 Å². The van der Waals surface area contributed by atoms with Crippen molar-refractivity contribution >= 4 is 17.6 Å². The van der Waals surface area contributed by atoms with Gasteiger partial charge in [-0.25, -0.2) is 4.98 Å².